The molecule has 1 rings (SSSR count). The molecular formula is C16H25ClN2O. The fourth-order valence-electron chi connectivity index (χ4n) is 2.41. The molecule has 3 nitrogen and oxygen atoms in total. The Bertz CT molecular complexity index is 413. The van der Waals surface area contributed by atoms with Crippen molar-refractivity contribution >= 4 is 17.5 Å². The second kappa shape index (κ2) is 8.28. The van der Waals surface area contributed by atoms with E-state index in [0.29, 0.717) is 19.5 Å². The standard InChI is InChI=1S/C16H25ClN2O/c1-4-16(5-2,12-19-15(20)10-11-18-3)13-6-8-14(17)9-7-13/h6-9,18H,4-5,10-12H2,1-3H3,(H,19,20). The third-order valence-corrected chi connectivity index (χ3v) is 4.29. The van der Waals surface area contributed by atoms with E-state index in [9.17, 15) is 4.79 Å². The largest absolute Gasteiger partial charge is 0.355 e. The Morgan fingerprint density at radius 2 is 1.80 bits per heavy atom. The molecule has 0 unspecified atom stereocenters. The maximum absolute atomic E-state index is 11.8. The summed E-state index contributed by atoms with van der Waals surface area (Å²) in [5.74, 6) is 0.0968. The first-order valence-corrected chi connectivity index (χ1v) is 7.63. The molecule has 1 amide bonds. The first kappa shape index (κ1) is 17.0. The lowest BCUT2D eigenvalue weighted by atomic mass is 9.76. The molecule has 0 atom stereocenters. The maximum Gasteiger partial charge on any atom is 0.221 e. The molecule has 0 bridgehead atoms. The Morgan fingerprint density at radius 1 is 1.20 bits per heavy atom. The third-order valence-electron chi connectivity index (χ3n) is 4.04. The van der Waals surface area contributed by atoms with Gasteiger partial charge in [-0.1, -0.05) is 37.6 Å². The van der Waals surface area contributed by atoms with E-state index < -0.39 is 0 Å². The Labute approximate surface area is 127 Å². The smallest absolute Gasteiger partial charge is 0.221 e. The van der Waals surface area contributed by atoms with Crippen molar-refractivity contribution < 1.29 is 4.79 Å². The Morgan fingerprint density at radius 3 is 2.30 bits per heavy atom. The second-order valence-electron chi connectivity index (χ2n) is 5.12. The van der Waals surface area contributed by atoms with Gasteiger partial charge < -0.3 is 10.6 Å². The molecule has 0 heterocycles. The van der Waals surface area contributed by atoms with E-state index in [1.165, 1.54) is 5.56 Å². The maximum atomic E-state index is 11.8. The first-order valence-electron chi connectivity index (χ1n) is 7.25. The van der Waals surface area contributed by atoms with Crippen molar-refractivity contribution in [2.45, 2.75) is 38.5 Å². The monoisotopic (exact) mass is 296 g/mol. The van der Waals surface area contributed by atoms with Gasteiger partial charge in [-0.15, -0.1) is 0 Å². The van der Waals surface area contributed by atoms with E-state index in [1.807, 2.05) is 19.2 Å². The molecule has 2 N–H and O–H groups in total. The highest BCUT2D eigenvalue weighted by molar-refractivity contribution is 6.30. The number of carbonyl (C=O) groups excluding carboxylic acids is 1. The molecule has 4 heteroatoms. The van der Waals surface area contributed by atoms with Gasteiger partial charge >= 0.3 is 0 Å². The minimum atomic E-state index is -0.0140. The van der Waals surface area contributed by atoms with E-state index >= 15 is 0 Å². The quantitative estimate of drug-likeness (QED) is 0.774. The summed E-state index contributed by atoms with van der Waals surface area (Å²) in [5, 5.41) is 6.79. The molecule has 0 spiro atoms. The van der Waals surface area contributed by atoms with E-state index in [0.717, 1.165) is 17.9 Å². The fraction of sp³-hybridized carbons (Fsp3) is 0.562. The van der Waals surface area contributed by atoms with Crippen molar-refractivity contribution in [3.63, 3.8) is 0 Å². The van der Waals surface area contributed by atoms with Gasteiger partial charge in [0, 0.05) is 29.9 Å². The van der Waals surface area contributed by atoms with Gasteiger partial charge in [0.2, 0.25) is 5.91 Å². The second-order valence-corrected chi connectivity index (χ2v) is 5.56. The molecule has 0 radical (unpaired) electrons. The normalized spacial score (nSPS) is 11.4. The zero-order valence-corrected chi connectivity index (χ0v) is 13.4. The third kappa shape index (κ3) is 4.50. The van der Waals surface area contributed by atoms with Gasteiger partial charge in [0.05, 0.1) is 0 Å². The van der Waals surface area contributed by atoms with Crippen LogP contribution < -0.4 is 10.6 Å². The van der Waals surface area contributed by atoms with Crippen molar-refractivity contribution in [2.24, 2.45) is 0 Å². The van der Waals surface area contributed by atoms with Gasteiger partial charge in [-0.3, -0.25) is 4.79 Å². The topological polar surface area (TPSA) is 41.1 Å². The zero-order valence-electron chi connectivity index (χ0n) is 12.6. The number of benzene rings is 1. The summed E-state index contributed by atoms with van der Waals surface area (Å²) in [6.45, 7) is 5.71. The molecule has 0 aliphatic carbocycles. The van der Waals surface area contributed by atoms with Gasteiger partial charge in [-0.05, 0) is 37.6 Å². The number of amides is 1. The molecule has 0 saturated carbocycles. The molecule has 20 heavy (non-hydrogen) atoms. The summed E-state index contributed by atoms with van der Waals surface area (Å²) in [6, 6.07) is 7.96. The van der Waals surface area contributed by atoms with Crippen molar-refractivity contribution in [2.75, 3.05) is 20.1 Å². The molecule has 0 aromatic heterocycles. The van der Waals surface area contributed by atoms with Crippen LogP contribution in [0.2, 0.25) is 5.02 Å². The van der Waals surface area contributed by atoms with Crippen LogP contribution in [0.3, 0.4) is 0 Å². The predicted molar refractivity (Wildman–Crippen MR) is 85.3 cm³/mol. The van der Waals surface area contributed by atoms with Gasteiger partial charge in [0.1, 0.15) is 0 Å². The highest BCUT2D eigenvalue weighted by Gasteiger charge is 2.28. The van der Waals surface area contributed by atoms with E-state index in [2.05, 4.69) is 36.6 Å². The Hall–Kier alpha value is -1.06. The highest BCUT2D eigenvalue weighted by atomic mass is 35.5. The Balaban J connectivity index is 2.76. The number of carbonyl (C=O) groups is 1. The van der Waals surface area contributed by atoms with Crippen molar-refractivity contribution in [3.8, 4) is 0 Å². The summed E-state index contributed by atoms with van der Waals surface area (Å²) in [6.07, 6.45) is 2.48. The number of hydrogen-bond acceptors (Lipinski definition) is 2. The van der Waals surface area contributed by atoms with Crippen LogP contribution in [0.15, 0.2) is 24.3 Å². The van der Waals surface area contributed by atoms with E-state index in [-0.39, 0.29) is 11.3 Å². The van der Waals surface area contributed by atoms with Crippen LogP contribution in [0, 0.1) is 0 Å². The average Bonchev–Trinajstić information content (AvgIpc) is 2.48. The van der Waals surface area contributed by atoms with Crippen LogP contribution in [-0.4, -0.2) is 26.0 Å². The molecular weight excluding hydrogens is 272 g/mol. The molecule has 1 aromatic carbocycles. The van der Waals surface area contributed by atoms with Crippen molar-refractivity contribution in [3.05, 3.63) is 34.9 Å². The predicted octanol–water partition coefficient (Wildman–Crippen LogP) is 3.12. The number of rotatable bonds is 8. The number of nitrogens with one attached hydrogen (secondary N) is 2. The Kier molecular flexibility index (Phi) is 7.03. The minimum Gasteiger partial charge on any atom is -0.355 e. The lowest BCUT2D eigenvalue weighted by Crippen LogP contribution is -2.40. The van der Waals surface area contributed by atoms with Gasteiger partial charge in [0.15, 0.2) is 0 Å². The van der Waals surface area contributed by atoms with Crippen LogP contribution in [0.1, 0.15) is 38.7 Å². The number of halogens is 1. The zero-order chi connectivity index (χ0) is 15.0. The van der Waals surface area contributed by atoms with Crippen LogP contribution >= 0.6 is 11.6 Å². The summed E-state index contributed by atoms with van der Waals surface area (Å²) < 4.78 is 0. The highest BCUT2D eigenvalue weighted by Crippen LogP contribution is 2.31. The lowest BCUT2D eigenvalue weighted by Gasteiger charge is -2.32. The average molecular weight is 297 g/mol. The van der Waals surface area contributed by atoms with E-state index in [4.69, 9.17) is 11.6 Å². The minimum absolute atomic E-state index is 0.0140. The summed E-state index contributed by atoms with van der Waals surface area (Å²) in [7, 11) is 1.85. The lowest BCUT2D eigenvalue weighted by molar-refractivity contribution is -0.121. The summed E-state index contributed by atoms with van der Waals surface area (Å²) in [4.78, 5) is 11.8. The molecule has 0 saturated heterocycles. The van der Waals surface area contributed by atoms with Crippen LogP contribution in [0.25, 0.3) is 0 Å². The van der Waals surface area contributed by atoms with Gasteiger partial charge in [-0.2, -0.15) is 0 Å². The molecule has 1 aromatic rings. The van der Waals surface area contributed by atoms with Gasteiger partial charge in [-0.25, -0.2) is 0 Å². The summed E-state index contributed by atoms with van der Waals surface area (Å²) in [5.41, 5.74) is 1.22. The molecule has 112 valence electrons. The molecule has 0 fully saturated rings. The van der Waals surface area contributed by atoms with Crippen LogP contribution in [0.4, 0.5) is 0 Å². The SMILES string of the molecule is CCC(CC)(CNC(=O)CCNC)c1ccc(Cl)cc1. The van der Waals surface area contributed by atoms with Crippen molar-refractivity contribution in [1.29, 1.82) is 0 Å². The molecule has 0 aliphatic heterocycles. The first-order chi connectivity index (χ1) is 9.57. The summed E-state index contributed by atoms with van der Waals surface area (Å²) >= 11 is 5.96. The van der Waals surface area contributed by atoms with Gasteiger partial charge in [0.25, 0.3) is 0 Å². The van der Waals surface area contributed by atoms with Crippen molar-refractivity contribution in [1.82, 2.24) is 10.6 Å². The van der Waals surface area contributed by atoms with Crippen LogP contribution in [-0.2, 0) is 10.2 Å². The van der Waals surface area contributed by atoms with E-state index in [1.54, 1.807) is 0 Å². The van der Waals surface area contributed by atoms with Crippen LogP contribution in [0.5, 0.6) is 0 Å². The fourth-order valence-corrected chi connectivity index (χ4v) is 2.53. The number of hydrogen-bond donors (Lipinski definition) is 2. The molecule has 0 aliphatic rings.